The zero-order valence-electron chi connectivity index (χ0n) is 7.76. The van der Waals surface area contributed by atoms with Crippen LogP contribution in [0.3, 0.4) is 0 Å². The Hall–Kier alpha value is -0.590. The van der Waals surface area contributed by atoms with Crippen LogP contribution in [0.15, 0.2) is 0 Å². The van der Waals surface area contributed by atoms with E-state index in [1.54, 1.807) is 0 Å². The molecule has 1 N–H and O–H groups in total. The summed E-state index contributed by atoms with van der Waals surface area (Å²) in [6.07, 6.45) is 0.997. The maximum Gasteiger partial charge on any atom is 0.109 e. The van der Waals surface area contributed by atoms with Crippen molar-refractivity contribution in [2.75, 3.05) is 19.8 Å². The zero-order chi connectivity index (χ0) is 9.03. The molecule has 1 saturated heterocycles. The first-order valence-corrected chi connectivity index (χ1v) is 4.47. The van der Waals surface area contributed by atoms with Gasteiger partial charge in [0.15, 0.2) is 0 Å². The molecule has 0 aliphatic carbocycles. The third-order valence-electron chi connectivity index (χ3n) is 2.52. The highest BCUT2D eigenvalue weighted by Crippen LogP contribution is 2.24. The lowest BCUT2D eigenvalue weighted by molar-refractivity contribution is 0.169. The van der Waals surface area contributed by atoms with E-state index in [4.69, 9.17) is 10.00 Å². The molecule has 1 heterocycles. The number of nitrogens with zero attached hydrogens (tertiary/aromatic N) is 1. The average molecular weight is 168 g/mol. The normalized spacial score (nSPS) is 27.9. The monoisotopic (exact) mass is 168 g/mol. The van der Waals surface area contributed by atoms with Gasteiger partial charge < -0.3 is 4.74 Å². The van der Waals surface area contributed by atoms with Crippen LogP contribution in [-0.2, 0) is 4.74 Å². The van der Waals surface area contributed by atoms with Crippen LogP contribution in [0.2, 0.25) is 0 Å². The van der Waals surface area contributed by atoms with Gasteiger partial charge in [-0.3, -0.25) is 5.32 Å². The van der Waals surface area contributed by atoms with E-state index < -0.39 is 5.54 Å². The summed E-state index contributed by atoms with van der Waals surface area (Å²) < 4.78 is 5.26. The molecule has 68 valence electrons. The summed E-state index contributed by atoms with van der Waals surface area (Å²) in [5, 5.41) is 12.2. The first kappa shape index (κ1) is 9.50. The Labute approximate surface area is 73.7 Å². The van der Waals surface area contributed by atoms with E-state index >= 15 is 0 Å². The molecule has 0 aromatic heterocycles. The van der Waals surface area contributed by atoms with Crippen LogP contribution < -0.4 is 5.32 Å². The Balaban J connectivity index is 2.59. The molecular formula is C9H16N2O. The van der Waals surface area contributed by atoms with Gasteiger partial charge in [-0.2, -0.15) is 5.26 Å². The average Bonchev–Trinajstić information content (AvgIpc) is 2.57. The van der Waals surface area contributed by atoms with E-state index in [2.05, 4.69) is 11.4 Å². The van der Waals surface area contributed by atoms with Gasteiger partial charge in [0, 0.05) is 12.5 Å². The van der Waals surface area contributed by atoms with Crippen molar-refractivity contribution in [3.63, 3.8) is 0 Å². The summed E-state index contributed by atoms with van der Waals surface area (Å²) in [6.45, 7) is 6.33. The smallest absolute Gasteiger partial charge is 0.109 e. The topological polar surface area (TPSA) is 45.0 Å². The molecule has 0 aromatic carbocycles. The van der Waals surface area contributed by atoms with Crippen molar-refractivity contribution >= 4 is 0 Å². The number of nitriles is 1. The van der Waals surface area contributed by atoms with Crippen molar-refractivity contribution in [3.8, 4) is 6.07 Å². The number of rotatable bonds is 3. The molecule has 0 radical (unpaired) electrons. The number of ether oxygens (including phenoxy) is 1. The molecule has 1 aliphatic rings. The lowest BCUT2D eigenvalue weighted by Gasteiger charge is -2.28. The van der Waals surface area contributed by atoms with Gasteiger partial charge in [-0.05, 0) is 19.9 Å². The molecule has 2 unspecified atom stereocenters. The van der Waals surface area contributed by atoms with E-state index in [1.165, 1.54) is 0 Å². The second-order valence-corrected chi connectivity index (χ2v) is 3.40. The maximum atomic E-state index is 9.01. The molecule has 0 spiro atoms. The summed E-state index contributed by atoms with van der Waals surface area (Å²) in [6, 6.07) is 2.33. The largest absolute Gasteiger partial charge is 0.381 e. The predicted molar refractivity (Wildman–Crippen MR) is 46.6 cm³/mol. The van der Waals surface area contributed by atoms with Gasteiger partial charge in [-0.15, -0.1) is 0 Å². The Bertz CT molecular complexity index is 181. The van der Waals surface area contributed by atoms with Crippen molar-refractivity contribution in [1.82, 2.24) is 5.32 Å². The van der Waals surface area contributed by atoms with Gasteiger partial charge in [0.25, 0.3) is 0 Å². The van der Waals surface area contributed by atoms with E-state index in [0.717, 1.165) is 26.2 Å². The standard InChI is InChI=1S/C9H16N2O/c1-3-11-9(2,7-10)8-4-5-12-6-8/h8,11H,3-6H2,1-2H3. The first-order valence-electron chi connectivity index (χ1n) is 4.47. The van der Waals surface area contributed by atoms with Crippen LogP contribution in [0.4, 0.5) is 0 Å². The summed E-state index contributed by atoms with van der Waals surface area (Å²) in [7, 11) is 0. The Morgan fingerprint density at radius 1 is 1.75 bits per heavy atom. The molecule has 0 bridgehead atoms. The lowest BCUT2D eigenvalue weighted by atomic mass is 9.86. The summed E-state index contributed by atoms with van der Waals surface area (Å²) in [5.74, 6) is 0.349. The highest BCUT2D eigenvalue weighted by molar-refractivity contribution is 5.08. The van der Waals surface area contributed by atoms with Crippen LogP contribution in [0.5, 0.6) is 0 Å². The third-order valence-corrected chi connectivity index (χ3v) is 2.52. The van der Waals surface area contributed by atoms with Gasteiger partial charge in [-0.25, -0.2) is 0 Å². The fourth-order valence-corrected chi connectivity index (χ4v) is 1.63. The van der Waals surface area contributed by atoms with E-state index in [9.17, 15) is 0 Å². The molecule has 1 aliphatic heterocycles. The van der Waals surface area contributed by atoms with Crippen molar-refractivity contribution in [3.05, 3.63) is 0 Å². The Kier molecular flexibility index (Phi) is 3.07. The minimum Gasteiger partial charge on any atom is -0.381 e. The number of nitrogens with one attached hydrogen (secondary N) is 1. The molecule has 3 heteroatoms. The lowest BCUT2D eigenvalue weighted by Crippen LogP contribution is -2.47. The van der Waals surface area contributed by atoms with Crippen molar-refractivity contribution in [2.45, 2.75) is 25.8 Å². The SMILES string of the molecule is CCNC(C)(C#N)C1CCOC1. The predicted octanol–water partition coefficient (Wildman–Crippen LogP) is 0.915. The minimum absolute atomic E-state index is 0.349. The molecule has 1 rings (SSSR count). The molecule has 2 atom stereocenters. The third kappa shape index (κ3) is 1.77. The van der Waals surface area contributed by atoms with Crippen LogP contribution in [0, 0.1) is 17.2 Å². The first-order chi connectivity index (χ1) is 5.73. The van der Waals surface area contributed by atoms with Gasteiger partial charge >= 0.3 is 0 Å². The highest BCUT2D eigenvalue weighted by Gasteiger charge is 2.35. The molecule has 0 saturated carbocycles. The summed E-state index contributed by atoms with van der Waals surface area (Å²) in [5.41, 5.74) is -0.398. The van der Waals surface area contributed by atoms with Crippen molar-refractivity contribution in [1.29, 1.82) is 5.26 Å². The Morgan fingerprint density at radius 2 is 2.50 bits per heavy atom. The number of hydrogen-bond donors (Lipinski definition) is 1. The maximum absolute atomic E-state index is 9.01. The second-order valence-electron chi connectivity index (χ2n) is 3.40. The van der Waals surface area contributed by atoms with Crippen LogP contribution in [-0.4, -0.2) is 25.3 Å². The fourth-order valence-electron chi connectivity index (χ4n) is 1.63. The van der Waals surface area contributed by atoms with Crippen molar-refractivity contribution < 1.29 is 4.74 Å². The molecule has 3 nitrogen and oxygen atoms in total. The Morgan fingerprint density at radius 3 is 2.92 bits per heavy atom. The zero-order valence-corrected chi connectivity index (χ0v) is 7.76. The van der Waals surface area contributed by atoms with E-state index in [1.807, 2.05) is 13.8 Å². The van der Waals surface area contributed by atoms with Gasteiger partial charge in [-0.1, -0.05) is 6.92 Å². The fraction of sp³-hybridized carbons (Fsp3) is 0.889. The van der Waals surface area contributed by atoms with Crippen LogP contribution >= 0.6 is 0 Å². The van der Waals surface area contributed by atoms with Crippen LogP contribution in [0.25, 0.3) is 0 Å². The molecule has 1 fully saturated rings. The summed E-state index contributed by atoms with van der Waals surface area (Å²) >= 11 is 0. The number of hydrogen-bond acceptors (Lipinski definition) is 3. The highest BCUT2D eigenvalue weighted by atomic mass is 16.5. The second kappa shape index (κ2) is 3.88. The van der Waals surface area contributed by atoms with E-state index in [0.29, 0.717) is 5.92 Å². The quantitative estimate of drug-likeness (QED) is 0.681. The van der Waals surface area contributed by atoms with E-state index in [-0.39, 0.29) is 0 Å². The van der Waals surface area contributed by atoms with Gasteiger partial charge in [0.05, 0.1) is 12.7 Å². The van der Waals surface area contributed by atoms with Gasteiger partial charge in [0.1, 0.15) is 5.54 Å². The van der Waals surface area contributed by atoms with Gasteiger partial charge in [0.2, 0.25) is 0 Å². The van der Waals surface area contributed by atoms with Crippen molar-refractivity contribution in [2.24, 2.45) is 5.92 Å². The van der Waals surface area contributed by atoms with Crippen LogP contribution in [0.1, 0.15) is 20.3 Å². The minimum atomic E-state index is -0.398. The summed E-state index contributed by atoms with van der Waals surface area (Å²) in [4.78, 5) is 0. The molecule has 0 amide bonds. The molecule has 12 heavy (non-hydrogen) atoms. The molecule has 0 aromatic rings. The molecular weight excluding hydrogens is 152 g/mol.